The standard InChI is InChI=1S/C25H21N9/c1-14(2)29-18-6-17(8-26-9-18)16-4-5-20-19(7-16)23(33-32-20)25-30-21-10-27-11-22(24(21)31-25)34-12-15(3)28-13-34/h4-13,29H,1H2,2-3H3,(H,30,31)(H,32,33). The molecule has 9 heteroatoms. The quantitative estimate of drug-likeness (QED) is 0.343. The highest BCUT2D eigenvalue weighted by Crippen LogP contribution is 2.31. The SMILES string of the molecule is C=C(C)Nc1cncc(-c2ccc3[nH]nc(-c4nc5c(-n6cnc(C)c6)cncc5[nH]4)c3c2)c1. The van der Waals surface area contributed by atoms with Gasteiger partial charge < -0.3 is 14.9 Å². The number of pyridine rings is 2. The number of fused-ring (bicyclic) bond motifs is 2. The first-order valence-corrected chi connectivity index (χ1v) is 10.8. The molecule has 0 bridgehead atoms. The number of hydrogen-bond donors (Lipinski definition) is 3. The molecule has 34 heavy (non-hydrogen) atoms. The van der Waals surface area contributed by atoms with Crippen LogP contribution in [0, 0.1) is 6.92 Å². The molecule has 0 aliphatic heterocycles. The summed E-state index contributed by atoms with van der Waals surface area (Å²) in [5, 5.41) is 11.9. The van der Waals surface area contributed by atoms with Crippen molar-refractivity contribution in [3.05, 3.63) is 79.5 Å². The zero-order chi connectivity index (χ0) is 23.2. The van der Waals surface area contributed by atoms with Gasteiger partial charge in [-0.25, -0.2) is 9.97 Å². The van der Waals surface area contributed by atoms with Crippen LogP contribution in [0.3, 0.4) is 0 Å². The maximum Gasteiger partial charge on any atom is 0.159 e. The highest BCUT2D eigenvalue weighted by atomic mass is 15.1. The Hall–Kier alpha value is -4.79. The van der Waals surface area contributed by atoms with Crippen molar-refractivity contribution < 1.29 is 0 Å². The van der Waals surface area contributed by atoms with Crippen molar-refractivity contribution >= 4 is 27.6 Å². The van der Waals surface area contributed by atoms with E-state index in [1.165, 1.54) is 0 Å². The number of aromatic nitrogens is 8. The molecular formula is C25H21N9. The lowest BCUT2D eigenvalue weighted by molar-refractivity contribution is 1.05. The first-order valence-electron chi connectivity index (χ1n) is 10.8. The number of aryl methyl sites for hydroxylation is 1. The van der Waals surface area contributed by atoms with Gasteiger partial charge in [0.25, 0.3) is 0 Å². The Morgan fingerprint density at radius 2 is 1.91 bits per heavy atom. The molecule has 5 heterocycles. The van der Waals surface area contributed by atoms with Crippen LogP contribution >= 0.6 is 0 Å². The first-order chi connectivity index (χ1) is 16.5. The van der Waals surface area contributed by atoms with Crippen molar-refractivity contribution in [1.29, 1.82) is 0 Å². The number of benzene rings is 1. The van der Waals surface area contributed by atoms with Crippen LogP contribution in [0.5, 0.6) is 0 Å². The summed E-state index contributed by atoms with van der Waals surface area (Å²) in [6, 6.07) is 8.22. The van der Waals surface area contributed by atoms with Gasteiger partial charge in [-0.15, -0.1) is 0 Å². The van der Waals surface area contributed by atoms with E-state index < -0.39 is 0 Å². The Morgan fingerprint density at radius 1 is 1.03 bits per heavy atom. The Bertz CT molecular complexity index is 1690. The highest BCUT2D eigenvalue weighted by molar-refractivity contribution is 5.96. The van der Waals surface area contributed by atoms with E-state index in [0.29, 0.717) is 5.82 Å². The molecule has 0 fully saturated rings. The maximum absolute atomic E-state index is 4.88. The van der Waals surface area contributed by atoms with Gasteiger partial charge in [-0.1, -0.05) is 12.6 Å². The van der Waals surface area contributed by atoms with Crippen LogP contribution in [0.4, 0.5) is 5.69 Å². The van der Waals surface area contributed by atoms with E-state index in [2.05, 4.69) is 54.2 Å². The number of allylic oxidation sites excluding steroid dienone is 1. The van der Waals surface area contributed by atoms with Gasteiger partial charge in [0.1, 0.15) is 11.2 Å². The summed E-state index contributed by atoms with van der Waals surface area (Å²) in [5.74, 6) is 0.667. The van der Waals surface area contributed by atoms with Crippen molar-refractivity contribution in [2.24, 2.45) is 0 Å². The third kappa shape index (κ3) is 3.39. The van der Waals surface area contributed by atoms with Crippen LogP contribution in [0.1, 0.15) is 12.6 Å². The lowest BCUT2D eigenvalue weighted by Gasteiger charge is -2.07. The van der Waals surface area contributed by atoms with Crippen molar-refractivity contribution in [2.75, 3.05) is 5.32 Å². The number of anilines is 1. The first kappa shape index (κ1) is 19.9. The molecule has 0 saturated heterocycles. The molecule has 166 valence electrons. The van der Waals surface area contributed by atoms with Gasteiger partial charge in [0.2, 0.25) is 0 Å². The van der Waals surface area contributed by atoms with Gasteiger partial charge in [-0.3, -0.25) is 15.1 Å². The summed E-state index contributed by atoms with van der Waals surface area (Å²) in [7, 11) is 0. The van der Waals surface area contributed by atoms with E-state index in [9.17, 15) is 0 Å². The molecule has 0 spiro atoms. The van der Waals surface area contributed by atoms with Crippen LogP contribution < -0.4 is 5.32 Å². The highest BCUT2D eigenvalue weighted by Gasteiger charge is 2.16. The summed E-state index contributed by atoms with van der Waals surface area (Å²) < 4.78 is 1.93. The minimum Gasteiger partial charge on any atom is -0.358 e. The van der Waals surface area contributed by atoms with Crippen molar-refractivity contribution in [3.63, 3.8) is 0 Å². The zero-order valence-electron chi connectivity index (χ0n) is 18.7. The molecule has 0 atom stereocenters. The predicted molar refractivity (Wildman–Crippen MR) is 133 cm³/mol. The Morgan fingerprint density at radius 3 is 2.74 bits per heavy atom. The second-order valence-electron chi connectivity index (χ2n) is 8.26. The Balaban J connectivity index is 1.45. The molecular weight excluding hydrogens is 426 g/mol. The normalized spacial score (nSPS) is 11.4. The summed E-state index contributed by atoms with van der Waals surface area (Å²) in [6.07, 6.45) is 10.9. The summed E-state index contributed by atoms with van der Waals surface area (Å²) in [5.41, 5.74) is 8.85. The average Bonchev–Trinajstić information content (AvgIpc) is 3.55. The number of rotatable bonds is 5. The topological polar surface area (TPSA) is 113 Å². The van der Waals surface area contributed by atoms with Gasteiger partial charge in [-0.05, 0) is 37.6 Å². The zero-order valence-corrected chi connectivity index (χ0v) is 18.7. The number of nitrogens with one attached hydrogen (secondary N) is 3. The average molecular weight is 448 g/mol. The molecule has 0 saturated carbocycles. The van der Waals surface area contributed by atoms with Crippen LogP contribution in [-0.2, 0) is 0 Å². The van der Waals surface area contributed by atoms with Gasteiger partial charge in [0.15, 0.2) is 5.82 Å². The number of imidazole rings is 2. The molecule has 0 unspecified atom stereocenters. The van der Waals surface area contributed by atoms with Crippen LogP contribution in [0.25, 0.3) is 50.3 Å². The fraction of sp³-hybridized carbons (Fsp3) is 0.0800. The van der Waals surface area contributed by atoms with Gasteiger partial charge in [0.05, 0.1) is 53.0 Å². The monoisotopic (exact) mass is 447 g/mol. The summed E-state index contributed by atoms with van der Waals surface area (Å²) in [4.78, 5) is 21.3. The third-order valence-electron chi connectivity index (χ3n) is 5.58. The predicted octanol–water partition coefficient (Wildman–Crippen LogP) is 5.00. The van der Waals surface area contributed by atoms with Gasteiger partial charge in [-0.2, -0.15) is 5.10 Å². The van der Waals surface area contributed by atoms with E-state index in [4.69, 9.17) is 4.98 Å². The number of aromatic amines is 2. The minimum absolute atomic E-state index is 0.667. The van der Waals surface area contributed by atoms with Crippen molar-refractivity contribution in [3.8, 4) is 28.3 Å². The Labute approximate surface area is 194 Å². The van der Waals surface area contributed by atoms with Gasteiger partial charge in [0, 0.05) is 29.0 Å². The molecule has 3 N–H and O–H groups in total. The van der Waals surface area contributed by atoms with E-state index in [-0.39, 0.29) is 0 Å². The number of H-pyrrole nitrogens is 2. The smallest absolute Gasteiger partial charge is 0.159 e. The minimum atomic E-state index is 0.667. The summed E-state index contributed by atoms with van der Waals surface area (Å²) in [6.45, 7) is 7.77. The van der Waals surface area contributed by atoms with E-state index in [1.807, 2.05) is 42.9 Å². The largest absolute Gasteiger partial charge is 0.358 e. The molecule has 0 aliphatic carbocycles. The van der Waals surface area contributed by atoms with Crippen LogP contribution in [-0.4, -0.2) is 39.7 Å². The van der Waals surface area contributed by atoms with Crippen molar-refractivity contribution in [1.82, 2.24) is 39.7 Å². The second kappa shape index (κ2) is 7.66. The van der Waals surface area contributed by atoms with Crippen molar-refractivity contribution in [2.45, 2.75) is 13.8 Å². The maximum atomic E-state index is 4.88. The molecule has 6 aromatic rings. The van der Waals surface area contributed by atoms with Gasteiger partial charge >= 0.3 is 0 Å². The molecule has 0 aliphatic rings. The molecule has 6 rings (SSSR count). The fourth-order valence-electron chi connectivity index (χ4n) is 4.06. The molecule has 9 nitrogen and oxygen atoms in total. The summed E-state index contributed by atoms with van der Waals surface area (Å²) >= 11 is 0. The number of nitrogens with zero attached hydrogens (tertiary/aromatic N) is 6. The molecule has 5 aromatic heterocycles. The third-order valence-corrected chi connectivity index (χ3v) is 5.58. The lowest BCUT2D eigenvalue weighted by Crippen LogP contribution is -1.94. The van der Waals surface area contributed by atoms with E-state index in [0.717, 1.165) is 61.5 Å². The molecule has 0 amide bonds. The Kier molecular flexibility index (Phi) is 4.48. The van der Waals surface area contributed by atoms with E-state index >= 15 is 0 Å². The fourth-order valence-corrected chi connectivity index (χ4v) is 4.06. The van der Waals surface area contributed by atoms with E-state index in [1.54, 1.807) is 24.9 Å². The number of hydrogen-bond acceptors (Lipinski definition) is 6. The van der Waals surface area contributed by atoms with Crippen LogP contribution in [0.15, 0.2) is 73.9 Å². The second-order valence-corrected chi connectivity index (χ2v) is 8.26. The van der Waals surface area contributed by atoms with Crippen LogP contribution in [0.2, 0.25) is 0 Å². The molecule has 0 radical (unpaired) electrons. The molecule has 1 aromatic carbocycles. The lowest BCUT2D eigenvalue weighted by atomic mass is 10.0.